The zero-order chi connectivity index (χ0) is 12.8. The van der Waals surface area contributed by atoms with Gasteiger partial charge in [0, 0.05) is 18.8 Å². The van der Waals surface area contributed by atoms with Gasteiger partial charge in [-0.25, -0.2) is 4.79 Å². The van der Waals surface area contributed by atoms with Crippen LogP contribution in [0.5, 0.6) is 0 Å². The highest BCUT2D eigenvalue weighted by Crippen LogP contribution is 2.48. The second-order valence-electron chi connectivity index (χ2n) is 4.82. The van der Waals surface area contributed by atoms with Gasteiger partial charge >= 0.3 is 12.0 Å². The molecule has 2 amide bonds. The molecule has 1 aliphatic carbocycles. The Bertz CT molecular complexity index is 505. The standard InChI is InChI=1S/C13H14N2O3/c16-11(17)13(5-6-13)9-1-3-10(4-2-9)15-8-7-14-12(15)18/h1-4H,5-8H2,(H,14,18)(H,16,17). The van der Waals surface area contributed by atoms with Crippen molar-refractivity contribution >= 4 is 17.7 Å². The molecule has 1 aliphatic heterocycles. The van der Waals surface area contributed by atoms with E-state index in [0.29, 0.717) is 25.9 Å². The number of urea groups is 1. The summed E-state index contributed by atoms with van der Waals surface area (Å²) in [7, 11) is 0. The zero-order valence-corrected chi connectivity index (χ0v) is 9.85. The molecule has 3 rings (SSSR count). The van der Waals surface area contributed by atoms with Crippen LogP contribution in [0.2, 0.25) is 0 Å². The van der Waals surface area contributed by atoms with E-state index < -0.39 is 11.4 Å². The van der Waals surface area contributed by atoms with Crippen molar-refractivity contribution < 1.29 is 14.7 Å². The van der Waals surface area contributed by atoms with Crippen molar-refractivity contribution in [2.75, 3.05) is 18.0 Å². The van der Waals surface area contributed by atoms with E-state index in [2.05, 4.69) is 5.32 Å². The summed E-state index contributed by atoms with van der Waals surface area (Å²) >= 11 is 0. The lowest BCUT2D eigenvalue weighted by Crippen LogP contribution is -2.27. The van der Waals surface area contributed by atoms with Crippen molar-refractivity contribution in [1.82, 2.24) is 5.32 Å². The number of anilines is 1. The molecule has 2 N–H and O–H groups in total. The third kappa shape index (κ3) is 1.54. The molecule has 1 aromatic carbocycles. The highest BCUT2D eigenvalue weighted by Gasteiger charge is 2.51. The lowest BCUT2D eigenvalue weighted by atomic mass is 9.96. The normalized spacial score (nSPS) is 20.7. The number of carboxylic acid groups (broad SMARTS) is 1. The van der Waals surface area contributed by atoms with E-state index >= 15 is 0 Å². The van der Waals surface area contributed by atoms with E-state index in [1.807, 2.05) is 24.3 Å². The fourth-order valence-corrected chi connectivity index (χ4v) is 2.43. The molecule has 0 bridgehead atoms. The fraction of sp³-hybridized carbons (Fsp3) is 0.385. The van der Waals surface area contributed by atoms with Crippen molar-refractivity contribution in [3.63, 3.8) is 0 Å². The molecule has 0 unspecified atom stereocenters. The predicted octanol–water partition coefficient (Wildman–Crippen LogP) is 1.33. The molecule has 1 aromatic rings. The number of carboxylic acids is 1. The van der Waals surface area contributed by atoms with Crippen LogP contribution in [0.4, 0.5) is 10.5 Å². The average molecular weight is 246 g/mol. The monoisotopic (exact) mass is 246 g/mol. The van der Waals surface area contributed by atoms with Crippen LogP contribution in [-0.2, 0) is 10.2 Å². The molecule has 0 spiro atoms. The van der Waals surface area contributed by atoms with Crippen LogP contribution in [0.15, 0.2) is 24.3 Å². The van der Waals surface area contributed by atoms with Gasteiger partial charge in [0.25, 0.3) is 0 Å². The molecule has 94 valence electrons. The topological polar surface area (TPSA) is 69.6 Å². The first-order valence-corrected chi connectivity index (χ1v) is 6.03. The summed E-state index contributed by atoms with van der Waals surface area (Å²) in [5, 5.41) is 11.9. The Balaban J connectivity index is 1.86. The fourth-order valence-electron chi connectivity index (χ4n) is 2.43. The molecule has 0 radical (unpaired) electrons. The van der Waals surface area contributed by atoms with E-state index in [9.17, 15) is 14.7 Å². The Hall–Kier alpha value is -2.04. The first-order chi connectivity index (χ1) is 8.63. The molecule has 5 nitrogen and oxygen atoms in total. The van der Waals surface area contributed by atoms with Gasteiger partial charge in [0.1, 0.15) is 0 Å². The molecular weight excluding hydrogens is 232 g/mol. The van der Waals surface area contributed by atoms with Crippen molar-refractivity contribution in [2.24, 2.45) is 0 Å². The lowest BCUT2D eigenvalue weighted by molar-refractivity contribution is -0.140. The van der Waals surface area contributed by atoms with E-state index in [1.54, 1.807) is 4.90 Å². The van der Waals surface area contributed by atoms with Gasteiger partial charge in [0.15, 0.2) is 0 Å². The van der Waals surface area contributed by atoms with Gasteiger partial charge in [0.05, 0.1) is 5.41 Å². The van der Waals surface area contributed by atoms with Gasteiger partial charge in [-0.15, -0.1) is 0 Å². The van der Waals surface area contributed by atoms with Crippen molar-refractivity contribution in [3.05, 3.63) is 29.8 Å². The summed E-state index contributed by atoms with van der Waals surface area (Å²) in [5.74, 6) is -0.755. The van der Waals surface area contributed by atoms with Gasteiger partial charge in [-0.05, 0) is 30.5 Å². The van der Waals surface area contributed by atoms with E-state index in [4.69, 9.17) is 0 Å². The Labute approximate surface area is 104 Å². The first-order valence-electron chi connectivity index (χ1n) is 6.03. The van der Waals surface area contributed by atoms with Crippen molar-refractivity contribution in [3.8, 4) is 0 Å². The number of carbonyl (C=O) groups excluding carboxylic acids is 1. The number of benzene rings is 1. The number of hydrogen-bond donors (Lipinski definition) is 2. The lowest BCUT2D eigenvalue weighted by Gasteiger charge is -2.16. The SMILES string of the molecule is O=C1NCCN1c1ccc(C2(C(=O)O)CC2)cc1. The third-order valence-electron chi connectivity index (χ3n) is 3.75. The Kier molecular flexibility index (Phi) is 2.29. The van der Waals surface area contributed by atoms with Crippen LogP contribution in [0, 0.1) is 0 Å². The maximum absolute atomic E-state index is 11.5. The van der Waals surface area contributed by atoms with E-state index in [1.165, 1.54) is 0 Å². The largest absolute Gasteiger partial charge is 0.481 e. The Morgan fingerprint density at radius 3 is 2.39 bits per heavy atom. The van der Waals surface area contributed by atoms with Gasteiger partial charge in [-0.2, -0.15) is 0 Å². The average Bonchev–Trinajstić information content (AvgIpc) is 3.08. The van der Waals surface area contributed by atoms with E-state index in [0.717, 1.165) is 11.3 Å². The maximum atomic E-state index is 11.5. The second-order valence-corrected chi connectivity index (χ2v) is 4.82. The summed E-state index contributed by atoms with van der Waals surface area (Å²) in [6.45, 7) is 1.31. The molecule has 1 heterocycles. The predicted molar refractivity (Wildman–Crippen MR) is 65.7 cm³/mol. The summed E-state index contributed by atoms with van der Waals surface area (Å²) in [4.78, 5) is 24.4. The molecule has 2 aliphatic rings. The number of nitrogens with zero attached hydrogens (tertiary/aromatic N) is 1. The minimum Gasteiger partial charge on any atom is -0.481 e. The number of hydrogen-bond acceptors (Lipinski definition) is 2. The molecule has 0 atom stereocenters. The molecule has 1 saturated carbocycles. The van der Waals surface area contributed by atoms with Gasteiger partial charge < -0.3 is 10.4 Å². The summed E-state index contributed by atoms with van der Waals surface area (Å²) in [6.07, 6.45) is 1.40. The maximum Gasteiger partial charge on any atom is 0.321 e. The molecule has 18 heavy (non-hydrogen) atoms. The van der Waals surface area contributed by atoms with Crippen LogP contribution in [0.1, 0.15) is 18.4 Å². The summed E-state index contributed by atoms with van der Waals surface area (Å²) in [5.41, 5.74) is 0.972. The number of amides is 2. The smallest absolute Gasteiger partial charge is 0.321 e. The van der Waals surface area contributed by atoms with Crippen LogP contribution in [0.25, 0.3) is 0 Å². The number of rotatable bonds is 3. The molecule has 2 fully saturated rings. The highest BCUT2D eigenvalue weighted by molar-refractivity contribution is 5.94. The minimum atomic E-state index is -0.755. The highest BCUT2D eigenvalue weighted by atomic mass is 16.4. The Morgan fingerprint density at radius 1 is 1.28 bits per heavy atom. The van der Waals surface area contributed by atoms with Crippen LogP contribution >= 0.6 is 0 Å². The minimum absolute atomic E-state index is 0.0953. The molecular formula is C13H14N2O3. The summed E-state index contributed by atoms with van der Waals surface area (Å²) in [6, 6.07) is 7.19. The second kappa shape index (κ2) is 3.73. The van der Waals surface area contributed by atoms with Crippen LogP contribution < -0.4 is 10.2 Å². The third-order valence-corrected chi connectivity index (χ3v) is 3.75. The van der Waals surface area contributed by atoms with Crippen molar-refractivity contribution in [1.29, 1.82) is 0 Å². The van der Waals surface area contributed by atoms with Gasteiger partial charge in [-0.1, -0.05) is 12.1 Å². The van der Waals surface area contributed by atoms with Gasteiger partial charge in [-0.3, -0.25) is 9.69 Å². The molecule has 0 aromatic heterocycles. The van der Waals surface area contributed by atoms with Crippen LogP contribution in [-0.4, -0.2) is 30.2 Å². The number of carbonyl (C=O) groups is 2. The molecule has 5 heteroatoms. The van der Waals surface area contributed by atoms with Crippen LogP contribution in [0.3, 0.4) is 0 Å². The Morgan fingerprint density at radius 2 is 1.94 bits per heavy atom. The van der Waals surface area contributed by atoms with E-state index in [-0.39, 0.29) is 6.03 Å². The van der Waals surface area contributed by atoms with Crippen molar-refractivity contribution in [2.45, 2.75) is 18.3 Å². The first kappa shape index (κ1) is 11.1. The summed E-state index contributed by atoms with van der Waals surface area (Å²) < 4.78 is 0. The van der Waals surface area contributed by atoms with Gasteiger partial charge in [0.2, 0.25) is 0 Å². The quantitative estimate of drug-likeness (QED) is 0.845. The number of aliphatic carboxylic acids is 1. The molecule has 1 saturated heterocycles. The number of nitrogens with one attached hydrogen (secondary N) is 1. The zero-order valence-electron chi connectivity index (χ0n) is 9.85.